The largest absolute Gasteiger partial charge is 0.476 e. The van der Waals surface area contributed by atoms with Crippen LogP contribution in [0.1, 0.15) is 21.0 Å². The Morgan fingerprint density at radius 2 is 1.63 bits per heavy atom. The van der Waals surface area contributed by atoms with Gasteiger partial charge in [-0.3, -0.25) is 0 Å². The molecule has 2 rings (SSSR count). The van der Waals surface area contributed by atoms with Gasteiger partial charge in [0, 0.05) is 10.8 Å². The molecule has 0 unspecified atom stereocenters. The van der Waals surface area contributed by atoms with E-state index in [1.165, 1.54) is 23.8 Å². The molecule has 2 aromatic rings. The van der Waals surface area contributed by atoms with Crippen molar-refractivity contribution < 1.29 is 19.4 Å². The molecule has 0 bridgehead atoms. The summed E-state index contributed by atoms with van der Waals surface area (Å²) in [5.41, 5.74) is 10.7. The zero-order valence-electron chi connectivity index (χ0n) is 9.69. The molecule has 0 atom stereocenters. The third kappa shape index (κ3) is 4.52. The number of hydrogen-bond acceptors (Lipinski definition) is 9. The molecule has 0 aliphatic heterocycles. The van der Waals surface area contributed by atoms with Crippen LogP contribution in [0.25, 0.3) is 0 Å². The molecule has 0 aliphatic carbocycles. The summed E-state index contributed by atoms with van der Waals surface area (Å²) in [5.74, 6) is -1.49. The Labute approximate surface area is 115 Å². The minimum absolute atomic E-state index is 0.0116. The summed E-state index contributed by atoms with van der Waals surface area (Å²) in [4.78, 5) is 28.0. The molecule has 19 heavy (non-hydrogen) atoms. The summed E-state index contributed by atoms with van der Waals surface area (Å²) in [6.07, 6.45) is 0. The maximum atomic E-state index is 10.7. The molecule has 0 radical (unpaired) electrons. The van der Waals surface area contributed by atoms with E-state index in [9.17, 15) is 9.59 Å². The number of nitrogens with two attached hydrogens (primary N) is 2. The normalized spacial score (nSPS) is 9.32. The van der Waals surface area contributed by atoms with Crippen molar-refractivity contribution in [3.8, 4) is 0 Å². The summed E-state index contributed by atoms with van der Waals surface area (Å²) in [5, 5.41) is 11.9. The van der Waals surface area contributed by atoms with E-state index in [1.54, 1.807) is 5.38 Å². The zero-order chi connectivity index (χ0) is 14.4. The first-order chi connectivity index (χ1) is 8.93. The van der Waals surface area contributed by atoms with Crippen molar-refractivity contribution in [1.29, 1.82) is 0 Å². The monoisotopic (exact) mass is 302 g/mol. The molecule has 102 valence electrons. The van der Waals surface area contributed by atoms with E-state index >= 15 is 0 Å². The smallest absolute Gasteiger partial charge is 0.357 e. The van der Waals surface area contributed by atoms with Crippen LogP contribution in [-0.4, -0.2) is 34.1 Å². The lowest BCUT2D eigenvalue weighted by Gasteiger charge is -1.89. The second-order valence-corrected chi connectivity index (χ2v) is 4.72. The van der Waals surface area contributed by atoms with Gasteiger partial charge in [0.15, 0.2) is 21.7 Å². The van der Waals surface area contributed by atoms with Crippen LogP contribution in [-0.2, 0) is 4.74 Å². The van der Waals surface area contributed by atoms with Crippen LogP contribution in [0.5, 0.6) is 0 Å². The number of thiazole rings is 2. The minimum atomic E-state index is -1.04. The van der Waals surface area contributed by atoms with E-state index in [-0.39, 0.29) is 16.5 Å². The molecule has 0 spiro atoms. The first-order valence-corrected chi connectivity index (χ1v) is 6.43. The van der Waals surface area contributed by atoms with Crippen LogP contribution in [0.3, 0.4) is 0 Å². The van der Waals surface area contributed by atoms with Crippen molar-refractivity contribution in [2.45, 2.75) is 0 Å². The molecule has 2 aromatic heterocycles. The van der Waals surface area contributed by atoms with Gasteiger partial charge < -0.3 is 21.3 Å². The van der Waals surface area contributed by atoms with E-state index in [4.69, 9.17) is 16.6 Å². The van der Waals surface area contributed by atoms with Crippen molar-refractivity contribution in [2.75, 3.05) is 18.6 Å². The van der Waals surface area contributed by atoms with Gasteiger partial charge in [0.2, 0.25) is 0 Å². The van der Waals surface area contributed by atoms with Gasteiger partial charge in [0.25, 0.3) is 0 Å². The predicted molar refractivity (Wildman–Crippen MR) is 71.4 cm³/mol. The predicted octanol–water partition coefficient (Wildman–Crippen LogP) is 0.935. The first-order valence-electron chi connectivity index (χ1n) is 4.67. The molecule has 0 aliphatic rings. The number of rotatable bonds is 2. The fourth-order valence-electron chi connectivity index (χ4n) is 0.872. The summed E-state index contributed by atoms with van der Waals surface area (Å²) in [6.45, 7) is 0. The number of ether oxygens (including phenoxy) is 1. The number of carbonyl (C=O) groups excluding carboxylic acids is 1. The van der Waals surface area contributed by atoms with Crippen molar-refractivity contribution in [1.82, 2.24) is 9.97 Å². The van der Waals surface area contributed by atoms with Gasteiger partial charge in [-0.15, -0.1) is 22.7 Å². The number of methoxy groups -OCH3 is 1. The standard InChI is InChI=1S/C5H6N2O2S.C4H4N2O2S/c1-9-4(8)3-2-10-5(6)7-3;5-4-6-2(1-9-4)3(7)8/h2H,1H3,(H2,6,7);1H,(H2,5,6)(H,7,8). The van der Waals surface area contributed by atoms with Crippen molar-refractivity contribution in [3.63, 3.8) is 0 Å². The number of hydrogen-bond donors (Lipinski definition) is 3. The number of aromatic nitrogens is 2. The minimum Gasteiger partial charge on any atom is -0.476 e. The molecule has 8 nitrogen and oxygen atoms in total. The molecule has 5 N–H and O–H groups in total. The van der Waals surface area contributed by atoms with Gasteiger partial charge in [-0.1, -0.05) is 0 Å². The Balaban J connectivity index is 0.000000191. The quantitative estimate of drug-likeness (QED) is 0.696. The van der Waals surface area contributed by atoms with Gasteiger partial charge in [0.1, 0.15) is 0 Å². The molecule has 2 heterocycles. The van der Waals surface area contributed by atoms with Gasteiger partial charge in [-0.05, 0) is 0 Å². The Kier molecular flexibility index (Phi) is 5.21. The lowest BCUT2D eigenvalue weighted by molar-refractivity contribution is 0.0594. The second kappa shape index (κ2) is 6.66. The highest BCUT2D eigenvalue weighted by molar-refractivity contribution is 7.14. The van der Waals surface area contributed by atoms with E-state index in [0.29, 0.717) is 5.13 Å². The fourth-order valence-corrected chi connectivity index (χ4v) is 1.94. The van der Waals surface area contributed by atoms with E-state index in [0.717, 1.165) is 11.3 Å². The Bertz CT molecular complexity index is 580. The zero-order valence-corrected chi connectivity index (χ0v) is 11.3. The SMILES string of the molecule is COC(=O)c1csc(N)n1.Nc1nc(C(=O)O)cs1. The summed E-state index contributed by atoms with van der Waals surface area (Å²) in [6, 6.07) is 0. The number of aromatic carboxylic acids is 1. The maximum Gasteiger partial charge on any atom is 0.357 e. The van der Waals surface area contributed by atoms with Crippen LogP contribution < -0.4 is 11.5 Å². The lowest BCUT2D eigenvalue weighted by atomic mass is 10.5. The number of carboxylic acids is 1. The highest BCUT2D eigenvalue weighted by Gasteiger charge is 2.07. The third-order valence-electron chi connectivity index (χ3n) is 1.66. The Morgan fingerprint density at radius 1 is 1.16 bits per heavy atom. The van der Waals surface area contributed by atoms with Crippen LogP contribution in [0, 0.1) is 0 Å². The van der Waals surface area contributed by atoms with Crippen molar-refractivity contribution >= 4 is 44.9 Å². The molecule has 0 amide bonds. The molecule has 0 saturated carbocycles. The van der Waals surface area contributed by atoms with E-state index in [2.05, 4.69) is 14.7 Å². The maximum absolute atomic E-state index is 10.7. The number of anilines is 2. The average Bonchev–Trinajstić information content (AvgIpc) is 2.98. The second-order valence-electron chi connectivity index (χ2n) is 2.94. The summed E-state index contributed by atoms with van der Waals surface area (Å²) >= 11 is 2.33. The molecular weight excluding hydrogens is 292 g/mol. The molecule has 0 aromatic carbocycles. The van der Waals surface area contributed by atoms with E-state index < -0.39 is 11.9 Å². The summed E-state index contributed by atoms with van der Waals surface area (Å²) < 4.78 is 4.40. The number of carboxylic acid groups (broad SMARTS) is 1. The Hall–Kier alpha value is -2.20. The van der Waals surface area contributed by atoms with Crippen molar-refractivity contribution in [2.24, 2.45) is 0 Å². The number of carbonyl (C=O) groups is 2. The fraction of sp³-hybridized carbons (Fsp3) is 0.111. The highest BCUT2D eigenvalue weighted by Crippen LogP contribution is 2.11. The Morgan fingerprint density at radius 3 is 1.89 bits per heavy atom. The van der Waals surface area contributed by atoms with Gasteiger partial charge in [0.05, 0.1) is 7.11 Å². The van der Waals surface area contributed by atoms with Gasteiger partial charge >= 0.3 is 11.9 Å². The number of esters is 1. The molecule has 0 saturated heterocycles. The average molecular weight is 302 g/mol. The van der Waals surface area contributed by atoms with Gasteiger partial charge in [-0.2, -0.15) is 0 Å². The topological polar surface area (TPSA) is 141 Å². The van der Waals surface area contributed by atoms with Crippen LogP contribution in [0.15, 0.2) is 10.8 Å². The summed E-state index contributed by atoms with van der Waals surface area (Å²) in [7, 11) is 1.30. The highest BCUT2D eigenvalue weighted by atomic mass is 32.1. The van der Waals surface area contributed by atoms with Crippen LogP contribution >= 0.6 is 22.7 Å². The number of nitrogen functional groups attached to an aromatic ring is 2. The molecule has 10 heteroatoms. The van der Waals surface area contributed by atoms with Crippen molar-refractivity contribution in [3.05, 3.63) is 22.1 Å². The molecular formula is C9H10N4O4S2. The molecule has 0 fully saturated rings. The number of nitrogens with zero attached hydrogens (tertiary/aromatic N) is 2. The van der Waals surface area contributed by atoms with Gasteiger partial charge in [-0.25, -0.2) is 19.6 Å². The van der Waals surface area contributed by atoms with Crippen LogP contribution in [0.4, 0.5) is 10.3 Å². The lowest BCUT2D eigenvalue weighted by Crippen LogP contribution is -2.01. The third-order valence-corrected chi connectivity index (χ3v) is 3.01. The van der Waals surface area contributed by atoms with E-state index in [1.807, 2.05) is 0 Å². The van der Waals surface area contributed by atoms with Crippen LogP contribution in [0.2, 0.25) is 0 Å². The first kappa shape index (κ1) is 14.9.